The van der Waals surface area contributed by atoms with Gasteiger partial charge in [0.25, 0.3) is 5.91 Å². The fraction of sp³-hybridized carbons (Fsp3) is 0.556. The molecular formula is C18H27N3O3. The van der Waals surface area contributed by atoms with E-state index in [9.17, 15) is 9.59 Å². The van der Waals surface area contributed by atoms with Gasteiger partial charge in [0.05, 0.1) is 6.04 Å². The highest BCUT2D eigenvalue weighted by molar-refractivity contribution is 5.86. The third-order valence-corrected chi connectivity index (χ3v) is 4.28. The SMILES string of the molecule is CCN(CC)CCCNC(=O)[C@H]1OCC(=O)N[C@@H]1c1ccccc1. The van der Waals surface area contributed by atoms with E-state index in [2.05, 4.69) is 29.4 Å². The van der Waals surface area contributed by atoms with Crippen LogP contribution in [0.25, 0.3) is 0 Å². The van der Waals surface area contributed by atoms with Gasteiger partial charge in [0, 0.05) is 6.54 Å². The van der Waals surface area contributed by atoms with Crippen molar-refractivity contribution in [1.29, 1.82) is 0 Å². The number of nitrogens with zero attached hydrogens (tertiary/aromatic N) is 1. The molecule has 1 fully saturated rings. The molecule has 2 rings (SSSR count). The summed E-state index contributed by atoms with van der Waals surface area (Å²) in [5, 5.41) is 5.79. The van der Waals surface area contributed by atoms with E-state index in [0.29, 0.717) is 6.54 Å². The topological polar surface area (TPSA) is 70.7 Å². The van der Waals surface area contributed by atoms with Gasteiger partial charge in [0.1, 0.15) is 6.61 Å². The summed E-state index contributed by atoms with van der Waals surface area (Å²) in [6.07, 6.45) is 0.196. The van der Waals surface area contributed by atoms with Crippen molar-refractivity contribution in [2.24, 2.45) is 0 Å². The van der Waals surface area contributed by atoms with Gasteiger partial charge in [-0.3, -0.25) is 9.59 Å². The summed E-state index contributed by atoms with van der Waals surface area (Å²) >= 11 is 0. The van der Waals surface area contributed by atoms with Crippen LogP contribution in [0.2, 0.25) is 0 Å². The molecule has 0 aliphatic carbocycles. The quantitative estimate of drug-likeness (QED) is 0.699. The Morgan fingerprint density at radius 3 is 2.67 bits per heavy atom. The maximum Gasteiger partial charge on any atom is 0.251 e. The average Bonchev–Trinajstić information content (AvgIpc) is 2.62. The zero-order chi connectivity index (χ0) is 17.4. The number of ether oxygens (including phenoxy) is 1. The Labute approximate surface area is 143 Å². The van der Waals surface area contributed by atoms with E-state index in [1.165, 1.54) is 0 Å². The lowest BCUT2D eigenvalue weighted by molar-refractivity contribution is -0.148. The molecule has 6 heteroatoms. The molecule has 24 heavy (non-hydrogen) atoms. The number of rotatable bonds is 8. The van der Waals surface area contributed by atoms with E-state index in [1.54, 1.807) is 0 Å². The van der Waals surface area contributed by atoms with Crippen LogP contribution in [0, 0.1) is 0 Å². The number of nitrogens with one attached hydrogen (secondary N) is 2. The van der Waals surface area contributed by atoms with Crippen molar-refractivity contribution >= 4 is 11.8 Å². The van der Waals surface area contributed by atoms with Gasteiger partial charge >= 0.3 is 0 Å². The second kappa shape index (κ2) is 9.39. The Morgan fingerprint density at radius 1 is 1.29 bits per heavy atom. The zero-order valence-corrected chi connectivity index (χ0v) is 14.5. The highest BCUT2D eigenvalue weighted by atomic mass is 16.5. The Bertz CT molecular complexity index is 532. The first kappa shape index (κ1) is 18.4. The van der Waals surface area contributed by atoms with Crippen LogP contribution in [0.1, 0.15) is 31.9 Å². The molecule has 1 aromatic rings. The molecule has 2 N–H and O–H groups in total. The molecule has 0 unspecified atom stereocenters. The molecule has 0 bridgehead atoms. The van der Waals surface area contributed by atoms with E-state index >= 15 is 0 Å². The largest absolute Gasteiger partial charge is 0.356 e. The molecule has 2 atom stereocenters. The summed E-state index contributed by atoms with van der Waals surface area (Å²) in [5.41, 5.74) is 0.869. The van der Waals surface area contributed by atoms with Gasteiger partial charge in [0.15, 0.2) is 6.10 Å². The first-order valence-corrected chi connectivity index (χ1v) is 8.61. The first-order chi connectivity index (χ1) is 11.7. The Balaban J connectivity index is 1.90. The highest BCUT2D eigenvalue weighted by Crippen LogP contribution is 2.22. The smallest absolute Gasteiger partial charge is 0.251 e. The molecular weight excluding hydrogens is 306 g/mol. The van der Waals surface area contributed by atoms with Crippen LogP contribution < -0.4 is 10.6 Å². The Hall–Kier alpha value is -1.92. The van der Waals surface area contributed by atoms with Crippen molar-refractivity contribution in [3.8, 4) is 0 Å². The fourth-order valence-electron chi connectivity index (χ4n) is 2.85. The van der Waals surface area contributed by atoms with Crippen LogP contribution in [-0.2, 0) is 14.3 Å². The van der Waals surface area contributed by atoms with Crippen molar-refractivity contribution in [3.63, 3.8) is 0 Å². The van der Waals surface area contributed by atoms with Crippen LogP contribution >= 0.6 is 0 Å². The predicted octanol–water partition coefficient (Wildman–Crippen LogP) is 1.09. The molecule has 1 aromatic carbocycles. The van der Waals surface area contributed by atoms with E-state index in [0.717, 1.165) is 31.6 Å². The summed E-state index contributed by atoms with van der Waals surface area (Å²) in [6, 6.07) is 9.00. The molecule has 2 amide bonds. The van der Waals surface area contributed by atoms with Crippen molar-refractivity contribution in [3.05, 3.63) is 35.9 Å². The van der Waals surface area contributed by atoms with Gasteiger partial charge in [-0.25, -0.2) is 0 Å². The maximum absolute atomic E-state index is 12.5. The summed E-state index contributed by atoms with van der Waals surface area (Å²) in [5.74, 6) is -0.377. The molecule has 132 valence electrons. The van der Waals surface area contributed by atoms with E-state index in [4.69, 9.17) is 4.74 Å². The number of morpholine rings is 1. The first-order valence-electron chi connectivity index (χ1n) is 8.61. The number of hydrogen-bond acceptors (Lipinski definition) is 4. The van der Waals surface area contributed by atoms with Crippen molar-refractivity contribution in [1.82, 2.24) is 15.5 Å². The van der Waals surface area contributed by atoms with Crippen LogP contribution in [0.15, 0.2) is 30.3 Å². The molecule has 0 radical (unpaired) electrons. The lowest BCUT2D eigenvalue weighted by Gasteiger charge is -2.31. The van der Waals surface area contributed by atoms with E-state index in [-0.39, 0.29) is 18.4 Å². The van der Waals surface area contributed by atoms with Crippen molar-refractivity contribution < 1.29 is 14.3 Å². The van der Waals surface area contributed by atoms with Gasteiger partial charge < -0.3 is 20.3 Å². The second-order valence-electron chi connectivity index (χ2n) is 5.86. The van der Waals surface area contributed by atoms with Crippen molar-refractivity contribution in [2.75, 3.05) is 32.8 Å². The third-order valence-electron chi connectivity index (χ3n) is 4.28. The fourth-order valence-corrected chi connectivity index (χ4v) is 2.85. The molecule has 6 nitrogen and oxygen atoms in total. The van der Waals surface area contributed by atoms with Gasteiger partial charge in [0.2, 0.25) is 5.91 Å². The molecule has 1 heterocycles. The van der Waals surface area contributed by atoms with Gasteiger partial charge in [-0.2, -0.15) is 0 Å². The minimum atomic E-state index is -0.696. The molecule has 1 saturated heterocycles. The predicted molar refractivity (Wildman–Crippen MR) is 92.5 cm³/mol. The number of hydrogen-bond donors (Lipinski definition) is 2. The lowest BCUT2D eigenvalue weighted by atomic mass is 9.99. The molecule has 1 aliphatic rings. The van der Waals surface area contributed by atoms with Crippen molar-refractivity contribution in [2.45, 2.75) is 32.4 Å². The lowest BCUT2D eigenvalue weighted by Crippen LogP contribution is -2.52. The highest BCUT2D eigenvalue weighted by Gasteiger charge is 2.35. The van der Waals surface area contributed by atoms with Gasteiger partial charge in [-0.1, -0.05) is 44.2 Å². The Morgan fingerprint density at radius 2 is 2.00 bits per heavy atom. The molecule has 0 saturated carbocycles. The van der Waals surface area contributed by atoms with Gasteiger partial charge in [-0.05, 0) is 31.6 Å². The summed E-state index contributed by atoms with van der Waals surface area (Å²) in [4.78, 5) is 26.4. The van der Waals surface area contributed by atoms with Crippen LogP contribution in [0.5, 0.6) is 0 Å². The summed E-state index contributed by atoms with van der Waals surface area (Å²) < 4.78 is 5.51. The number of benzene rings is 1. The number of amides is 2. The Kier molecular flexibility index (Phi) is 7.21. The zero-order valence-electron chi connectivity index (χ0n) is 14.5. The van der Waals surface area contributed by atoms with Crippen LogP contribution in [0.3, 0.4) is 0 Å². The number of carbonyl (C=O) groups excluding carboxylic acids is 2. The van der Waals surface area contributed by atoms with Crippen LogP contribution in [0.4, 0.5) is 0 Å². The van der Waals surface area contributed by atoms with Crippen LogP contribution in [-0.4, -0.2) is 55.6 Å². The third kappa shape index (κ3) is 5.04. The molecule has 0 spiro atoms. The molecule has 0 aromatic heterocycles. The average molecular weight is 333 g/mol. The summed E-state index contributed by atoms with van der Waals surface area (Å²) in [7, 11) is 0. The monoisotopic (exact) mass is 333 g/mol. The van der Waals surface area contributed by atoms with E-state index < -0.39 is 12.1 Å². The summed E-state index contributed by atoms with van der Waals surface area (Å²) in [6.45, 7) is 7.76. The minimum Gasteiger partial charge on any atom is -0.356 e. The number of carbonyl (C=O) groups is 2. The molecule has 1 aliphatic heterocycles. The van der Waals surface area contributed by atoms with E-state index in [1.807, 2.05) is 30.3 Å². The maximum atomic E-state index is 12.5. The van der Waals surface area contributed by atoms with Gasteiger partial charge in [-0.15, -0.1) is 0 Å². The normalized spacial score (nSPS) is 20.7. The second-order valence-corrected chi connectivity index (χ2v) is 5.86. The minimum absolute atomic E-state index is 0.0825. The standard InChI is InChI=1S/C18H27N3O3/c1-3-21(4-2)12-8-11-19-18(23)17-16(20-15(22)13-24-17)14-9-6-5-7-10-14/h5-7,9-10,16-17H,3-4,8,11-13H2,1-2H3,(H,19,23)(H,20,22)/t16-,17+/m1/s1.